The van der Waals surface area contributed by atoms with Gasteiger partial charge in [-0.1, -0.05) is 0 Å². The van der Waals surface area contributed by atoms with Gasteiger partial charge in [0.25, 0.3) is 5.56 Å². The zero-order valence-corrected chi connectivity index (χ0v) is 14.2. The molecular formula is C20H16FN3O3. The van der Waals surface area contributed by atoms with E-state index in [1.807, 2.05) is 6.07 Å². The molecule has 0 aliphatic rings. The third kappa shape index (κ3) is 4.77. The second-order valence-corrected chi connectivity index (χ2v) is 5.85. The fourth-order valence-corrected chi connectivity index (χ4v) is 2.42. The molecule has 3 aromatic rings. The lowest BCUT2D eigenvalue weighted by Gasteiger charge is -2.14. The van der Waals surface area contributed by atoms with Gasteiger partial charge in [0.15, 0.2) is 0 Å². The molecule has 0 spiro atoms. The number of ether oxygens (including phenoxy) is 1. The molecule has 1 atom stereocenters. The lowest BCUT2D eigenvalue weighted by molar-refractivity contribution is 0.0880. The summed E-state index contributed by atoms with van der Waals surface area (Å²) in [5, 5.41) is 23.1. The van der Waals surface area contributed by atoms with Gasteiger partial charge in [-0.05, 0) is 54.6 Å². The fraction of sp³-hybridized carbons (Fsp3) is 0.150. The van der Waals surface area contributed by atoms with Crippen molar-refractivity contribution in [3.05, 3.63) is 82.4 Å². The van der Waals surface area contributed by atoms with E-state index < -0.39 is 6.10 Å². The molecule has 1 aromatic heterocycles. The summed E-state index contributed by atoms with van der Waals surface area (Å²) in [5.74, 6) is 0.149. The summed E-state index contributed by atoms with van der Waals surface area (Å²) in [5.41, 5.74) is 1.30. The number of aliphatic hydroxyl groups excluding tert-OH is 1. The average Bonchev–Trinajstić information content (AvgIpc) is 2.69. The first kappa shape index (κ1) is 18.3. The van der Waals surface area contributed by atoms with Gasteiger partial charge < -0.3 is 9.84 Å². The molecule has 0 amide bonds. The second kappa shape index (κ2) is 8.25. The zero-order chi connectivity index (χ0) is 19.2. The highest BCUT2D eigenvalue weighted by molar-refractivity contribution is 5.57. The number of benzene rings is 2. The Morgan fingerprint density at radius 3 is 2.48 bits per heavy atom. The normalized spacial score (nSPS) is 11.6. The van der Waals surface area contributed by atoms with Gasteiger partial charge in [-0.3, -0.25) is 4.79 Å². The minimum Gasteiger partial charge on any atom is -0.491 e. The van der Waals surface area contributed by atoms with Crippen molar-refractivity contribution < 1.29 is 14.2 Å². The summed E-state index contributed by atoms with van der Waals surface area (Å²) in [4.78, 5) is 12.0. The molecular weight excluding hydrogens is 349 g/mol. The highest BCUT2D eigenvalue weighted by Crippen LogP contribution is 2.16. The van der Waals surface area contributed by atoms with E-state index in [4.69, 9.17) is 10.00 Å². The lowest BCUT2D eigenvalue weighted by atomic mass is 10.1. The van der Waals surface area contributed by atoms with E-state index in [2.05, 4.69) is 5.10 Å². The van der Waals surface area contributed by atoms with E-state index in [9.17, 15) is 14.3 Å². The summed E-state index contributed by atoms with van der Waals surface area (Å²) in [6, 6.07) is 17.1. The van der Waals surface area contributed by atoms with Crippen molar-refractivity contribution in [3.63, 3.8) is 0 Å². The Morgan fingerprint density at radius 1 is 1.11 bits per heavy atom. The maximum atomic E-state index is 13.0. The van der Waals surface area contributed by atoms with Crippen LogP contribution < -0.4 is 10.3 Å². The van der Waals surface area contributed by atoms with Crippen molar-refractivity contribution in [2.45, 2.75) is 12.6 Å². The average molecular weight is 365 g/mol. The predicted octanol–water partition coefficient (Wildman–Crippen LogP) is 2.36. The molecule has 6 nitrogen and oxygen atoms in total. The Hall–Kier alpha value is -3.50. The third-order valence-corrected chi connectivity index (χ3v) is 3.82. The Kier molecular flexibility index (Phi) is 5.59. The lowest BCUT2D eigenvalue weighted by Crippen LogP contribution is -2.31. The summed E-state index contributed by atoms with van der Waals surface area (Å²) in [7, 11) is 0. The van der Waals surface area contributed by atoms with Crippen LogP contribution in [0.2, 0.25) is 0 Å². The summed E-state index contributed by atoms with van der Waals surface area (Å²) < 4.78 is 19.7. The molecule has 136 valence electrons. The van der Waals surface area contributed by atoms with Gasteiger partial charge in [-0.2, -0.15) is 10.4 Å². The van der Waals surface area contributed by atoms with Crippen LogP contribution in [0.25, 0.3) is 11.3 Å². The van der Waals surface area contributed by atoms with Crippen LogP contribution in [0.15, 0.2) is 65.5 Å². The van der Waals surface area contributed by atoms with Gasteiger partial charge in [-0.15, -0.1) is 0 Å². The van der Waals surface area contributed by atoms with Gasteiger partial charge >= 0.3 is 0 Å². The highest BCUT2D eigenvalue weighted by Gasteiger charge is 2.10. The van der Waals surface area contributed by atoms with Gasteiger partial charge in [0.2, 0.25) is 0 Å². The molecule has 7 heteroatoms. The number of rotatable bonds is 6. The molecule has 27 heavy (non-hydrogen) atoms. The number of nitriles is 1. The molecule has 0 saturated heterocycles. The number of halogens is 1. The summed E-state index contributed by atoms with van der Waals surface area (Å²) in [6.45, 7) is -0.0923. The van der Waals surface area contributed by atoms with E-state index in [-0.39, 0.29) is 24.5 Å². The van der Waals surface area contributed by atoms with Crippen LogP contribution in [0.1, 0.15) is 5.56 Å². The van der Waals surface area contributed by atoms with E-state index >= 15 is 0 Å². The monoisotopic (exact) mass is 365 g/mol. The fourth-order valence-electron chi connectivity index (χ4n) is 2.42. The quantitative estimate of drug-likeness (QED) is 0.724. The van der Waals surface area contributed by atoms with Crippen LogP contribution in [-0.2, 0) is 6.54 Å². The highest BCUT2D eigenvalue weighted by atomic mass is 19.1. The molecule has 2 aromatic carbocycles. The molecule has 1 N–H and O–H groups in total. The molecule has 0 fully saturated rings. The Balaban J connectivity index is 1.67. The zero-order valence-electron chi connectivity index (χ0n) is 14.2. The van der Waals surface area contributed by atoms with Crippen molar-refractivity contribution in [2.75, 3.05) is 6.61 Å². The van der Waals surface area contributed by atoms with Crippen molar-refractivity contribution in [1.29, 1.82) is 5.26 Å². The first-order chi connectivity index (χ1) is 13.0. The molecule has 0 aliphatic carbocycles. The molecule has 0 radical (unpaired) electrons. The number of hydrogen-bond acceptors (Lipinski definition) is 5. The maximum absolute atomic E-state index is 13.0. The van der Waals surface area contributed by atoms with Crippen LogP contribution in [0.3, 0.4) is 0 Å². The minimum atomic E-state index is -0.964. The number of nitrogens with zero attached hydrogens (tertiary/aromatic N) is 3. The SMILES string of the molecule is N#Cc1ccc(OCC(O)Cn2nc(-c3ccc(F)cc3)ccc2=O)cc1. The van der Waals surface area contributed by atoms with E-state index in [0.717, 1.165) is 4.68 Å². The Labute approximate surface area is 154 Å². The van der Waals surface area contributed by atoms with Gasteiger partial charge in [-0.25, -0.2) is 9.07 Å². The van der Waals surface area contributed by atoms with Crippen LogP contribution in [0, 0.1) is 17.1 Å². The first-order valence-corrected chi connectivity index (χ1v) is 8.20. The number of aliphatic hydroxyl groups is 1. The van der Waals surface area contributed by atoms with E-state index in [1.54, 1.807) is 42.5 Å². The standard InChI is InChI=1S/C20H16FN3O3/c21-16-5-3-15(4-6-16)19-9-10-20(26)24(23-19)12-17(25)13-27-18-7-1-14(11-22)2-8-18/h1-10,17,25H,12-13H2. The van der Waals surface area contributed by atoms with Crippen molar-refractivity contribution in [3.8, 4) is 23.1 Å². The van der Waals surface area contributed by atoms with Crippen LogP contribution >= 0.6 is 0 Å². The minimum absolute atomic E-state index is 0.0409. The van der Waals surface area contributed by atoms with Gasteiger partial charge in [0.1, 0.15) is 24.3 Å². The Morgan fingerprint density at radius 2 is 1.81 bits per heavy atom. The van der Waals surface area contributed by atoms with Crippen LogP contribution in [0.4, 0.5) is 4.39 Å². The topological polar surface area (TPSA) is 88.1 Å². The van der Waals surface area contributed by atoms with Crippen LogP contribution in [0.5, 0.6) is 5.75 Å². The molecule has 1 unspecified atom stereocenters. The summed E-state index contributed by atoms with van der Waals surface area (Å²) in [6.07, 6.45) is -0.964. The van der Waals surface area contributed by atoms with Gasteiger partial charge in [0, 0.05) is 11.6 Å². The smallest absolute Gasteiger partial charge is 0.266 e. The van der Waals surface area contributed by atoms with Crippen molar-refractivity contribution >= 4 is 0 Å². The molecule has 0 bridgehead atoms. The van der Waals surface area contributed by atoms with Gasteiger partial charge in [0.05, 0.1) is 23.9 Å². The molecule has 0 aliphatic heterocycles. The summed E-state index contributed by atoms with van der Waals surface area (Å²) >= 11 is 0. The van der Waals surface area contributed by atoms with Crippen molar-refractivity contribution in [1.82, 2.24) is 9.78 Å². The molecule has 0 saturated carbocycles. The van der Waals surface area contributed by atoms with E-state index in [0.29, 0.717) is 22.6 Å². The predicted molar refractivity (Wildman–Crippen MR) is 96.5 cm³/mol. The maximum Gasteiger partial charge on any atom is 0.266 e. The second-order valence-electron chi connectivity index (χ2n) is 5.85. The first-order valence-electron chi connectivity index (χ1n) is 8.20. The molecule has 1 heterocycles. The van der Waals surface area contributed by atoms with Crippen molar-refractivity contribution in [2.24, 2.45) is 0 Å². The number of aromatic nitrogens is 2. The van der Waals surface area contributed by atoms with Crippen LogP contribution in [-0.4, -0.2) is 27.6 Å². The van der Waals surface area contributed by atoms with E-state index in [1.165, 1.54) is 18.2 Å². The third-order valence-electron chi connectivity index (χ3n) is 3.82. The number of hydrogen-bond donors (Lipinski definition) is 1. The molecule has 3 rings (SSSR count). The largest absolute Gasteiger partial charge is 0.491 e. The Bertz CT molecular complexity index is 1010.